The summed E-state index contributed by atoms with van der Waals surface area (Å²) < 4.78 is 10.2. The minimum atomic E-state index is -0.654. The summed E-state index contributed by atoms with van der Waals surface area (Å²) in [5, 5.41) is 2.76. The number of rotatable bonds is 7. The maximum absolute atomic E-state index is 12.0. The summed E-state index contributed by atoms with van der Waals surface area (Å²) in [6.07, 6.45) is 0. The standard InChI is InChI=1S/C21H23NO5/c1-13-9-14(2)21(15(3)10-13)22-19(24)11-27-20(25)12-26-18-7-5-17(6-8-18)16(4)23/h5-10H,11-12H2,1-4H3,(H,22,24). The second-order valence-electron chi connectivity index (χ2n) is 6.35. The van der Waals surface area contributed by atoms with Crippen LogP contribution >= 0.6 is 0 Å². The Bertz CT molecular complexity index is 832. The normalized spacial score (nSPS) is 10.2. The Kier molecular flexibility index (Phi) is 6.71. The Morgan fingerprint density at radius 1 is 0.926 bits per heavy atom. The number of Topliss-reactive ketones (excluding diaryl/α,β-unsaturated/α-hetero) is 1. The van der Waals surface area contributed by atoms with Crippen molar-refractivity contribution in [1.29, 1.82) is 0 Å². The highest BCUT2D eigenvalue weighted by Gasteiger charge is 2.12. The molecule has 0 aromatic heterocycles. The number of nitrogens with one attached hydrogen (secondary N) is 1. The lowest BCUT2D eigenvalue weighted by Crippen LogP contribution is -2.24. The lowest BCUT2D eigenvalue weighted by atomic mass is 10.1. The van der Waals surface area contributed by atoms with Gasteiger partial charge in [0.15, 0.2) is 19.0 Å². The molecule has 142 valence electrons. The van der Waals surface area contributed by atoms with Crippen molar-refractivity contribution in [2.45, 2.75) is 27.7 Å². The first kappa shape index (κ1) is 20.2. The van der Waals surface area contributed by atoms with E-state index in [1.54, 1.807) is 24.3 Å². The molecule has 0 radical (unpaired) electrons. The van der Waals surface area contributed by atoms with Crippen LogP contribution in [0, 0.1) is 20.8 Å². The van der Waals surface area contributed by atoms with Crippen LogP contribution in [-0.4, -0.2) is 30.9 Å². The molecule has 0 saturated heterocycles. The Morgan fingerprint density at radius 3 is 2.07 bits per heavy atom. The highest BCUT2D eigenvalue weighted by atomic mass is 16.6. The maximum atomic E-state index is 12.0. The topological polar surface area (TPSA) is 81.7 Å². The highest BCUT2D eigenvalue weighted by molar-refractivity contribution is 5.94. The predicted molar refractivity (Wildman–Crippen MR) is 102 cm³/mol. The van der Waals surface area contributed by atoms with Crippen LogP contribution in [0.3, 0.4) is 0 Å². The second-order valence-corrected chi connectivity index (χ2v) is 6.35. The smallest absolute Gasteiger partial charge is 0.344 e. The number of amides is 1. The molecular formula is C21H23NO5. The van der Waals surface area contributed by atoms with E-state index in [1.807, 2.05) is 32.9 Å². The molecule has 2 rings (SSSR count). The zero-order valence-corrected chi connectivity index (χ0v) is 15.9. The van der Waals surface area contributed by atoms with E-state index in [9.17, 15) is 14.4 Å². The van der Waals surface area contributed by atoms with E-state index in [4.69, 9.17) is 9.47 Å². The summed E-state index contributed by atoms with van der Waals surface area (Å²) in [5.74, 6) is -0.680. The third-order valence-electron chi connectivity index (χ3n) is 3.92. The molecule has 6 nitrogen and oxygen atoms in total. The summed E-state index contributed by atoms with van der Waals surface area (Å²) in [6, 6.07) is 10.4. The average Bonchev–Trinajstić information content (AvgIpc) is 2.61. The summed E-state index contributed by atoms with van der Waals surface area (Å²) in [7, 11) is 0. The minimum Gasteiger partial charge on any atom is -0.482 e. The fourth-order valence-corrected chi connectivity index (χ4v) is 2.67. The summed E-state index contributed by atoms with van der Waals surface area (Å²) in [6.45, 7) is 6.56. The van der Waals surface area contributed by atoms with Crippen LogP contribution in [0.1, 0.15) is 34.0 Å². The molecule has 1 N–H and O–H groups in total. The van der Waals surface area contributed by atoms with Gasteiger partial charge in [0.25, 0.3) is 5.91 Å². The second kappa shape index (κ2) is 8.98. The van der Waals surface area contributed by atoms with Gasteiger partial charge in [-0.2, -0.15) is 0 Å². The first-order chi connectivity index (χ1) is 12.8. The number of ether oxygens (including phenoxy) is 2. The van der Waals surface area contributed by atoms with Crippen LogP contribution in [0.15, 0.2) is 36.4 Å². The molecular weight excluding hydrogens is 346 g/mol. The number of carbonyl (C=O) groups is 3. The Hall–Kier alpha value is -3.15. The molecule has 0 heterocycles. The number of hydrogen-bond donors (Lipinski definition) is 1. The van der Waals surface area contributed by atoms with E-state index in [2.05, 4.69) is 5.32 Å². The SMILES string of the molecule is CC(=O)c1ccc(OCC(=O)OCC(=O)Nc2c(C)cc(C)cc2C)cc1. The van der Waals surface area contributed by atoms with Gasteiger partial charge < -0.3 is 14.8 Å². The van der Waals surface area contributed by atoms with Crippen molar-refractivity contribution in [3.63, 3.8) is 0 Å². The number of anilines is 1. The molecule has 0 unspecified atom stereocenters. The van der Waals surface area contributed by atoms with Crippen molar-refractivity contribution in [3.05, 3.63) is 58.7 Å². The number of benzene rings is 2. The summed E-state index contributed by atoms with van der Waals surface area (Å²) in [4.78, 5) is 35.0. The monoisotopic (exact) mass is 369 g/mol. The van der Waals surface area contributed by atoms with Crippen LogP contribution in [0.2, 0.25) is 0 Å². The Morgan fingerprint density at radius 2 is 1.52 bits per heavy atom. The molecule has 0 fully saturated rings. The molecule has 0 aliphatic rings. The van der Waals surface area contributed by atoms with E-state index >= 15 is 0 Å². The Labute approximate surface area is 158 Å². The molecule has 6 heteroatoms. The van der Waals surface area contributed by atoms with E-state index in [1.165, 1.54) is 6.92 Å². The first-order valence-corrected chi connectivity index (χ1v) is 8.53. The molecule has 2 aromatic rings. The van der Waals surface area contributed by atoms with Gasteiger partial charge in [-0.25, -0.2) is 4.79 Å². The van der Waals surface area contributed by atoms with Crippen molar-refractivity contribution in [2.24, 2.45) is 0 Å². The molecule has 27 heavy (non-hydrogen) atoms. The van der Waals surface area contributed by atoms with Crippen molar-refractivity contribution < 1.29 is 23.9 Å². The highest BCUT2D eigenvalue weighted by Crippen LogP contribution is 2.21. The van der Waals surface area contributed by atoms with E-state index in [0.717, 1.165) is 22.4 Å². The third kappa shape index (κ3) is 5.95. The quantitative estimate of drug-likeness (QED) is 0.598. The lowest BCUT2D eigenvalue weighted by Gasteiger charge is -2.13. The van der Waals surface area contributed by atoms with Crippen molar-refractivity contribution in [1.82, 2.24) is 0 Å². The maximum Gasteiger partial charge on any atom is 0.344 e. The zero-order chi connectivity index (χ0) is 20.0. The van der Waals surface area contributed by atoms with Crippen LogP contribution in [-0.2, 0) is 14.3 Å². The van der Waals surface area contributed by atoms with Gasteiger partial charge in [-0.3, -0.25) is 9.59 Å². The number of hydrogen-bond acceptors (Lipinski definition) is 5. The average molecular weight is 369 g/mol. The van der Waals surface area contributed by atoms with Crippen molar-refractivity contribution in [2.75, 3.05) is 18.5 Å². The van der Waals surface area contributed by atoms with Crippen LogP contribution < -0.4 is 10.1 Å². The van der Waals surface area contributed by atoms with Crippen LogP contribution in [0.5, 0.6) is 5.75 Å². The number of esters is 1. The van der Waals surface area contributed by atoms with Gasteiger partial charge in [-0.15, -0.1) is 0 Å². The fourth-order valence-electron chi connectivity index (χ4n) is 2.67. The Balaban J connectivity index is 1.80. The van der Waals surface area contributed by atoms with Gasteiger partial charge in [-0.05, 0) is 63.1 Å². The molecule has 1 amide bonds. The van der Waals surface area contributed by atoms with E-state index < -0.39 is 18.5 Å². The minimum absolute atomic E-state index is 0.0500. The van der Waals surface area contributed by atoms with E-state index in [-0.39, 0.29) is 12.4 Å². The van der Waals surface area contributed by atoms with Crippen molar-refractivity contribution in [3.8, 4) is 5.75 Å². The van der Waals surface area contributed by atoms with Crippen LogP contribution in [0.25, 0.3) is 0 Å². The number of carbonyl (C=O) groups excluding carboxylic acids is 3. The molecule has 0 spiro atoms. The van der Waals surface area contributed by atoms with Gasteiger partial charge in [0.2, 0.25) is 0 Å². The third-order valence-corrected chi connectivity index (χ3v) is 3.92. The number of ketones is 1. The lowest BCUT2D eigenvalue weighted by molar-refractivity contribution is -0.149. The summed E-state index contributed by atoms with van der Waals surface area (Å²) in [5.41, 5.74) is 4.30. The molecule has 0 aliphatic heterocycles. The first-order valence-electron chi connectivity index (χ1n) is 8.53. The van der Waals surface area contributed by atoms with Gasteiger partial charge in [0.1, 0.15) is 5.75 Å². The van der Waals surface area contributed by atoms with Crippen molar-refractivity contribution >= 4 is 23.3 Å². The van der Waals surface area contributed by atoms with E-state index in [0.29, 0.717) is 11.3 Å². The summed E-state index contributed by atoms with van der Waals surface area (Å²) >= 11 is 0. The molecule has 2 aromatic carbocycles. The van der Waals surface area contributed by atoms with Crippen LogP contribution in [0.4, 0.5) is 5.69 Å². The molecule has 0 bridgehead atoms. The largest absolute Gasteiger partial charge is 0.482 e. The van der Waals surface area contributed by atoms with Gasteiger partial charge in [0, 0.05) is 11.3 Å². The molecule has 0 saturated carbocycles. The fraction of sp³-hybridized carbons (Fsp3) is 0.286. The van der Waals surface area contributed by atoms with Gasteiger partial charge in [0.05, 0.1) is 0 Å². The van der Waals surface area contributed by atoms with Gasteiger partial charge >= 0.3 is 5.97 Å². The predicted octanol–water partition coefficient (Wildman–Crippen LogP) is 3.38. The number of aryl methyl sites for hydroxylation is 3. The molecule has 0 aliphatic carbocycles. The zero-order valence-electron chi connectivity index (χ0n) is 15.9. The van der Waals surface area contributed by atoms with Gasteiger partial charge in [-0.1, -0.05) is 17.7 Å². The molecule has 0 atom stereocenters.